The zero-order valence-electron chi connectivity index (χ0n) is 9.81. The van der Waals surface area contributed by atoms with Gasteiger partial charge in [-0.15, -0.1) is 6.58 Å². The summed E-state index contributed by atoms with van der Waals surface area (Å²) in [4.78, 5) is 0. The third kappa shape index (κ3) is 2.86. The predicted octanol–water partition coefficient (Wildman–Crippen LogP) is 2.85. The molecule has 17 heavy (non-hydrogen) atoms. The lowest BCUT2D eigenvalue weighted by Gasteiger charge is -2.18. The molecule has 1 rings (SSSR count). The largest absolute Gasteiger partial charge is 0.496 e. The molecule has 0 N–H and O–H groups in total. The van der Waals surface area contributed by atoms with E-state index in [2.05, 4.69) is 18.7 Å². The van der Waals surface area contributed by atoms with E-state index in [0.717, 1.165) is 5.56 Å². The maximum Gasteiger partial charge on any atom is 0.151 e. The van der Waals surface area contributed by atoms with E-state index in [1.54, 1.807) is 13.2 Å². The summed E-state index contributed by atoms with van der Waals surface area (Å²) in [6, 6.07) is 11.6. The van der Waals surface area contributed by atoms with Gasteiger partial charge in [0.25, 0.3) is 0 Å². The van der Waals surface area contributed by atoms with Crippen molar-refractivity contribution >= 4 is 0 Å². The van der Waals surface area contributed by atoms with Crippen LogP contribution < -0.4 is 4.74 Å². The van der Waals surface area contributed by atoms with Gasteiger partial charge in [0.15, 0.2) is 5.41 Å². The van der Waals surface area contributed by atoms with E-state index < -0.39 is 5.41 Å². The van der Waals surface area contributed by atoms with Gasteiger partial charge in [-0.05, 0) is 18.1 Å². The summed E-state index contributed by atoms with van der Waals surface area (Å²) in [6.45, 7) is 3.59. The van der Waals surface area contributed by atoms with Crippen LogP contribution in [0.3, 0.4) is 0 Å². The van der Waals surface area contributed by atoms with Crippen molar-refractivity contribution in [1.29, 1.82) is 10.5 Å². The summed E-state index contributed by atoms with van der Waals surface area (Å²) < 4.78 is 5.21. The van der Waals surface area contributed by atoms with Crippen molar-refractivity contribution in [2.45, 2.75) is 12.8 Å². The van der Waals surface area contributed by atoms with Crippen LogP contribution in [0.2, 0.25) is 0 Å². The summed E-state index contributed by atoms with van der Waals surface area (Å²) in [5, 5.41) is 18.3. The van der Waals surface area contributed by atoms with Gasteiger partial charge in [0.05, 0.1) is 19.2 Å². The zero-order valence-corrected chi connectivity index (χ0v) is 9.81. The van der Waals surface area contributed by atoms with Gasteiger partial charge < -0.3 is 4.74 Å². The van der Waals surface area contributed by atoms with Crippen molar-refractivity contribution in [1.82, 2.24) is 0 Å². The maximum atomic E-state index is 9.17. The van der Waals surface area contributed by atoms with E-state index in [0.29, 0.717) is 18.6 Å². The van der Waals surface area contributed by atoms with E-state index in [-0.39, 0.29) is 0 Å². The molecule has 1 aromatic rings. The van der Waals surface area contributed by atoms with Gasteiger partial charge in [0.2, 0.25) is 0 Å². The Hall–Kier alpha value is -2.26. The van der Waals surface area contributed by atoms with Crippen LogP contribution in [0, 0.1) is 28.1 Å². The van der Waals surface area contributed by atoms with Crippen LogP contribution in [-0.4, -0.2) is 7.11 Å². The lowest BCUT2D eigenvalue weighted by atomic mass is 9.81. The monoisotopic (exact) mass is 226 g/mol. The number of nitriles is 2. The number of allylic oxidation sites excluding steroid dienone is 1. The van der Waals surface area contributed by atoms with Gasteiger partial charge in [0, 0.05) is 6.42 Å². The minimum absolute atomic E-state index is 0.343. The number of nitrogens with zero attached hydrogens (tertiary/aromatic N) is 2. The molecule has 0 aromatic heterocycles. The number of para-hydroxylation sites is 1. The predicted molar refractivity (Wildman–Crippen MR) is 65.2 cm³/mol. The lowest BCUT2D eigenvalue weighted by Crippen LogP contribution is -2.19. The van der Waals surface area contributed by atoms with Gasteiger partial charge >= 0.3 is 0 Å². The number of benzene rings is 1. The molecule has 0 aliphatic rings. The third-order valence-corrected chi connectivity index (χ3v) is 2.61. The number of hydrogen-bond acceptors (Lipinski definition) is 3. The highest BCUT2D eigenvalue weighted by atomic mass is 16.5. The van der Waals surface area contributed by atoms with Crippen molar-refractivity contribution in [3.8, 4) is 17.9 Å². The Labute approximate surface area is 102 Å². The van der Waals surface area contributed by atoms with Crippen LogP contribution in [0.1, 0.15) is 12.0 Å². The molecular weight excluding hydrogens is 212 g/mol. The standard InChI is InChI=1S/C14H14N2O/c1-3-8-14(10-15,11-16)9-12-6-4-5-7-13(12)17-2/h3-7H,1,8-9H2,2H3. The van der Waals surface area contributed by atoms with Gasteiger partial charge in [-0.2, -0.15) is 10.5 Å². The fourth-order valence-corrected chi connectivity index (χ4v) is 1.69. The topological polar surface area (TPSA) is 56.8 Å². The third-order valence-electron chi connectivity index (χ3n) is 2.61. The quantitative estimate of drug-likeness (QED) is 0.725. The number of hydrogen-bond donors (Lipinski definition) is 0. The average Bonchev–Trinajstić information content (AvgIpc) is 2.38. The zero-order chi connectivity index (χ0) is 12.7. The molecule has 0 radical (unpaired) electrons. The number of rotatable bonds is 5. The highest BCUT2D eigenvalue weighted by molar-refractivity contribution is 5.36. The minimum Gasteiger partial charge on any atom is -0.496 e. The van der Waals surface area contributed by atoms with Crippen LogP contribution in [0.4, 0.5) is 0 Å². The van der Waals surface area contributed by atoms with Crippen LogP contribution >= 0.6 is 0 Å². The summed E-state index contributed by atoms with van der Waals surface area (Å²) >= 11 is 0. The van der Waals surface area contributed by atoms with Crippen LogP contribution in [-0.2, 0) is 6.42 Å². The molecule has 0 aliphatic heterocycles. The fraction of sp³-hybridized carbons (Fsp3) is 0.286. The SMILES string of the molecule is C=CCC(C#N)(C#N)Cc1ccccc1OC. The number of methoxy groups -OCH3 is 1. The van der Waals surface area contributed by atoms with E-state index in [1.165, 1.54) is 0 Å². The molecule has 3 heteroatoms. The van der Waals surface area contributed by atoms with Crippen LogP contribution in [0.5, 0.6) is 5.75 Å². The summed E-state index contributed by atoms with van der Waals surface area (Å²) in [5.74, 6) is 0.700. The van der Waals surface area contributed by atoms with Crippen molar-refractivity contribution in [3.05, 3.63) is 42.5 Å². The molecule has 1 aromatic carbocycles. The first-order valence-electron chi connectivity index (χ1n) is 5.26. The summed E-state index contributed by atoms with van der Waals surface area (Å²) in [5.41, 5.74) is -0.198. The molecule has 0 aliphatic carbocycles. The molecule has 0 bridgehead atoms. The Balaban J connectivity index is 3.07. The second kappa shape index (κ2) is 5.72. The van der Waals surface area contributed by atoms with Crippen molar-refractivity contribution in [2.75, 3.05) is 7.11 Å². The lowest BCUT2D eigenvalue weighted by molar-refractivity contribution is 0.402. The Morgan fingerprint density at radius 1 is 1.35 bits per heavy atom. The van der Waals surface area contributed by atoms with Crippen LogP contribution in [0.25, 0.3) is 0 Å². The first kappa shape index (κ1) is 12.8. The Bertz CT molecular complexity index is 466. The molecule has 0 spiro atoms. The van der Waals surface area contributed by atoms with Crippen LogP contribution in [0.15, 0.2) is 36.9 Å². The van der Waals surface area contributed by atoms with Gasteiger partial charge in [-0.1, -0.05) is 24.3 Å². The first-order valence-corrected chi connectivity index (χ1v) is 5.26. The molecular formula is C14H14N2O. The fourth-order valence-electron chi connectivity index (χ4n) is 1.69. The molecule has 0 saturated heterocycles. The van der Waals surface area contributed by atoms with E-state index in [1.807, 2.05) is 24.3 Å². The molecule has 86 valence electrons. The molecule has 0 amide bonds. The number of ether oxygens (including phenoxy) is 1. The van der Waals surface area contributed by atoms with Crippen molar-refractivity contribution in [2.24, 2.45) is 5.41 Å². The molecule has 0 saturated carbocycles. The highest BCUT2D eigenvalue weighted by Crippen LogP contribution is 2.30. The average molecular weight is 226 g/mol. The van der Waals surface area contributed by atoms with Crippen molar-refractivity contribution < 1.29 is 4.74 Å². The van der Waals surface area contributed by atoms with Gasteiger partial charge in [-0.25, -0.2) is 0 Å². The maximum absolute atomic E-state index is 9.17. The Morgan fingerprint density at radius 3 is 2.53 bits per heavy atom. The van der Waals surface area contributed by atoms with E-state index in [9.17, 15) is 10.5 Å². The molecule has 3 nitrogen and oxygen atoms in total. The second-order valence-electron chi connectivity index (χ2n) is 3.79. The first-order chi connectivity index (χ1) is 8.21. The van der Waals surface area contributed by atoms with Crippen molar-refractivity contribution in [3.63, 3.8) is 0 Å². The Kier molecular flexibility index (Phi) is 4.31. The highest BCUT2D eigenvalue weighted by Gasteiger charge is 2.30. The Morgan fingerprint density at radius 2 is 2.00 bits per heavy atom. The van der Waals surface area contributed by atoms with E-state index in [4.69, 9.17) is 4.74 Å². The van der Waals surface area contributed by atoms with Gasteiger partial charge in [-0.3, -0.25) is 0 Å². The second-order valence-corrected chi connectivity index (χ2v) is 3.79. The van der Waals surface area contributed by atoms with Gasteiger partial charge in [0.1, 0.15) is 5.75 Å². The summed E-state index contributed by atoms with van der Waals surface area (Å²) in [6.07, 6.45) is 2.29. The molecule has 0 fully saturated rings. The minimum atomic E-state index is -1.06. The van der Waals surface area contributed by atoms with E-state index >= 15 is 0 Å². The molecule has 0 heterocycles. The molecule has 0 atom stereocenters. The molecule has 0 unspecified atom stereocenters. The summed E-state index contributed by atoms with van der Waals surface area (Å²) in [7, 11) is 1.58. The smallest absolute Gasteiger partial charge is 0.151 e. The normalized spacial score (nSPS) is 10.1.